The van der Waals surface area contributed by atoms with Crippen LogP contribution < -0.4 is 0 Å². The third kappa shape index (κ3) is 2.48. The molecule has 1 fully saturated rings. The molecule has 0 aromatic carbocycles. The topological polar surface area (TPSA) is 47.6 Å². The van der Waals surface area contributed by atoms with Gasteiger partial charge in [-0.1, -0.05) is 26.2 Å². The zero-order valence-electron chi connectivity index (χ0n) is 8.92. The molecule has 0 aliphatic heterocycles. The Kier molecular flexibility index (Phi) is 3.96. The molecule has 2 nitrogen and oxygen atoms in total. The minimum absolute atomic E-state index is 0.125. The minimum Gasteiger partial charge on any atom is -0.198 e. The molecule has 2 unspecified atom stereocenters. The van der Waals surface area contributed by atoms with Crippen molar-refractivity contribution in [3.05, 3.63) is 0 Å². The van der Waals surface area contributed by atoms with Crippen LogP contribution in [0.1, 0.15) is 51.9 Å². The van der Waals surface area contributed by atoms with Crippen molar-refractivity contribution in [2.75, 3.05) is 0 Å². The molecule has 0 aromatic rings. The first-order valence-corrected chi connectivity index (χ1v) is 5.57. The summed E-state index contributed by atoms with van der Waals surface area (Å²) in [5.41, 5.74) is -0.172. The molecule has 76 valence electrons. The Bertz CT molecular complexity index is 258. The molecule has 0 amide bonds. The second kappa shape index (κ2) is 5.01. The summed E-state index contributed by atoms with van der Waals surface area (Å²) in [6.45, 7) is 2.15. The van der Waals surface area contributed by atoms with Crippen LogP contribution in [0.4, 0.5) is 0 Å². The molecular weight excluding hydrogens is 172 g/mol. The minimum atomic E-state index is -0.172. The Balaban J connectivity index is 2.60. The van der Waals surface area contributed by atoms with E-state index in [2.05, 4.69) is 19.1 Å². The van der Waals surface area contributed by atoms with Crippen molar-refractivity contribution in [2.24, 2.45) is 11.3 Å². The van der Waals surface area contributed by atoms with Gasteiger partial charge in [0, 0.05) is 5.92 Å². The Morgan fingerprint density at radius 2 is 2.21 bits per heavy atom. The Hall–Kier alpha value is -1.02. The maximum atomic E-state index is 9.22. The molecular formula is C12H18N2. The average Bonchev–Trinajstić information content (AvgIpc) is 2.26. The molecule has 1 aliphatic rings. The molecule has 1 rings (SSSR count). The highest BCUT2D eigenvalue weighted by Gasteiger charge is 2.35. The van der Waals surface area contributed by atoms with E-state index in [0.29, 0.717) is 0 Å². The monoisotopic (exact) mass is 190 g/mol. The van der Waals surface area contributed by atoms with Gasteiger partial charge in [-0.2, -0.15) is 10.5 Å². The van der Waals surface area contributed by atoms with Crippen molar-refractivity contribution in [2.45, 2.75) is 51.9 Å². The van der Waals surface area contributed by atoms with E-state index in [1.165, 1.54) is 0 Å². The molecule has 0 saturated heterocycles. The van der Waals surface area contributed by atoms with E-state index in [1.54, 1.807) is 0 Å². The lowest BCUT2D eigenvalue weighted by atomic mass is 9.68. The number of unbranched alkanes of at least 4 members (excludes halogenated alkanes) is 1. The van der Waals surface area contributed by atoms with E-state index in [9.17, 15) is 5.26 Å². The summed E-state index contributed by atoms with van der Waals surface area (Å²) in [6, 6.07) is 4.78. The summed E-state index contributed by atoms with van der Waals surface area (Å²) in [5.74, 6) is 0.125. The molecule has 0 radical (unpaired) electrons. The molecule has 0 bridgehead atoms. The smallest absolute Gasteiger partial charge is 0.0690 e. The van der Waals surface area contributed by atoms with Crippen LogP contribution in [0.2, 0.25) is 0 Å². The Morgan fingerprint density at radius 3 is 2.79 bits per heavy atom. The van der Waals surface area contributed by atoms with Gasteiger partial charge in [0.05, 0.1) is 17.6 Å². The lowest BCUT2D eigenvalue weighted by Crippen LogP contribution is -2.26. The molecule has 14 heavy (non-hydrogen) atoms. The van der Waals surface area contributed by atoms with Crippen molar-refractivity contribution in [3.63, 3.8) is 0 Å². The van der Waals surface area contributed by atoms with Gasteiger partial charge in [-0.3, -0.25) is 0 Å². The van der Waals surface area contributed by atoms with Gasteiger partial charge < -0.3 is 0 Å². The van der Waals surface area contributed by atoms with Crippen LogP contribution in [0.25, 0.3) is 0 Å². The summed E-state index contributed by atoms with van der Waals surface area (Å²) in [4.78, 5) is 0. The van der Waals surface area contributed by atoms with Crippen molar-refractivity contribution in [3.8, 4) is 12.1 Å². The van der Waals surface area contributed by atoms with Gasteiger partial charge in [-0.05, 0) is 25.7 Å². The van der Waals surface area contributed by atoms with Crippen LogP contribution in [0.3, 0.4) is 0 Å². The van der Waals surface area contributed by atoms with Crippen molar-refractivity contribution < 1.29 is 0 Å². The molecule has 2 heteroatoms. The fraction of sp³-hybridized carbons (Fsp3) is 0.833. The predicted octanol–water partition coefficient (Wildman–Crippen LogP) is 3.40. The van der Waals surface area contributed by atoms with Gasteiger partial charge in [0.1, 0.15) is 0 Å². The molecule has 1 aliphatic carbocycles. The van der Waals surface area contributed by atoms with Gasteiger partial charge in [0.2, 0.25) is 0 Å². The maximum absolute atomic E-state index is 9.22. The first-order valence-electron chi connectivity index (χ1n) is 5.57. The second-order valence-corrected chi connectivity index (χ2v) is 4.42. The highest BCUT2D eigenvalue weighted by molar-refractivity contribution is 5.05. The van der Waals surface area contributed by atoms with Crippen LogP contribution >= 0.6 is 0 Å². The molecule has 0 heterocycles. The summed E-state index contributed by atoms with van der Waals surface area (Å²) in [5, 5.41) is 18.1. The Labute approximate surface area is 86.5 Å². The van der Waals surface area contributed by atoms with Crippen molar-refractivity contribution >= 4 is 0 Å². The first kappa shape index (κ1) is 11.1. The quantitative estimate of drug-likeness (QED) is 0.684. The highest BCUT2D eigenvalue weighted by Crippen LogP contribution is 2.42. The predicted molar refractivity (Wildman–Crippen MR) is 55.1 cm³/mol. The number of nitriles is 2. The highest BCUT2D eigenvalue weighted by atomic mass is 14.4. The molecule has 2 atom stereocenters. The van der Waals surface area contributed by atoms with Gasteiger partial charge >= 0.3 is 0 Å². The summed E-state index contributed by atoms with van der Waals surface area (Å²) in [6.07, 6.45) is 7.09. The van der Waals surface area contributed by atoms with Crippen LogP contribution in [0, 0.1) is 34.0 Å². The van der Waals surface area contributed by atoms with Crippen molar-refractivity contribution in [1.82, 2.24) is 0 Å². The van der Waals surface area contributed by atoms with Gasteiger partial charge in [-0.25, -0.2) is 0 Å². The third-order valence-corrected chi connectivity index (χ3v) is 3.27. The van der Waals surface area contributed by atoms with E-state index in [0.717, 1.165) is 44.9 Å². The molecule has 0 N–H and O–H groups in total. The maximum Gasteiger partial charge on any atom is 0.0690 e. The fourth-order valence-corrected chi connectivity index (χ4v) is 2.37. The van der Waals surface area contributed by atoms with Crippen molar-refractivity contribution in [1.29, 1.82) is 10.5 Å². The van der Waals surface area contributed by atoms with Crippen LogP contribution in [0.5, 0.6) is 0 Å². The Morgan fingerprint density at radius 1 is 1.43 bits per heavy atom. The zero-order chi connectivity index (χ0) is 10.4. The molecule has 0 aromatic heterocycles. The van der Waals surface area contributed by atoms with Crippen LogP contribution in [-0.4, -0.2) is 0 Å². The van der Waals surface area contributed by atoms with E-state index in [-0.39, 0.29) is 11.3 Å². The summed E-state index contributed by atoms with van der Waals surface area (Å²) < 4.78 is 0. The number of hydrogen-bond donors (Lipinski definition) is 0. The van der Waals surface area contributed by atoms with Gasteiger partial charge in [0.25, 0.3) is 0 Å². The normalized spacial score (nSPS) is 31.8. The number of hydrogen-bond acceptors (Lipinski definition) is 2. The van der Waals surface area contributed by atoms with E-state index < -0.39 is 0 Å². The summed E-state index contributed by atoms with van der Waals surface area (Å²) in [7, 11) is 0. The lowest BCUT2D eigenvalue weighted by Gasteiger charge is -2.33. The fourth-order valence-electron chi connectivity index (χ4n) is 2.37. The lowest BCUT2D eigenvalue weighted by molar-refractivity contribution is 0.211. The number of rotatable bonds is 3. The second-order valence-electron chi connectivity index (χ2n) is 4.42. The summed E-state index contributed by atoms with van der Waals surface area (Å²) >= 11 is 0. The van der Waals surface area contributed by atoms with E-state index >= 15 is 0 Å². The SMILES string of the molecule is CCCCC1(C#N)CCCC(C#N)C1. The standard InChI is InChI=1S/C12H18N2/c1-2-3-6-12(10-14)7-4-5-11(8-12)9-13/h11H,2-8H2,1H3. The van der Waals surface area contributed by atoms with Crippen LogP contribution in [0.15, 0.2) is 0 Å². The van der Waals surface area contributed by atoms with E-state index in [4.69, 9.17) is 5.26 Å². The largest absolute Gasteiger partial charge is 0.198 e. The molecule has 0 spiro atoms. The van der Waals surface area contributed by atoms with E-state index in [1.807, 2.05) is 0 Å². The van der Waals surface area contributed by atoms with Crippen LogP contribution in [-0.2, 0) is 0 Å². The van der Waals surface area contributed by atoms with Gasteiger partial charge in [0.15, 0.2) is 0 Å². The molecule has 1 saturated carbocycles. The third-order valence-electron chi connectivity index (χ3n) is 3.27. The first-order chi connectivity index (χ1) is 6.76. The van der Waals surface area contributed by atoms with Gasteiger partial charge in [-0.15, -0.1) is 0 Å². The zero-order valence-corrected chi connectivity index (χ0v) is 8.92. The average molecular weight is 190 g/mol. The number of nitrogens with zero attached hydrogens (tertiary/aromatic N) is 2.